The quantitative estimate of drug-likeness (QED) is 0.560. The number of nitrogens with one attached hydrogen (secondary N) is 1. The number of hydrogen-bond acceptors (Lipinski definition) is 3. The predicted octanol–water partition coefficient (Wildman–Crippen LogP) is 0.146. The number of aromatic nitrogens is 2. The fourth-order valence-corrected chi connectivity index (χ4v) is 2.12. The van der Waals surface area contributed by atoms with Crippen LogP contribution in [0.3, 0.4) is 0 Å². The Labute approximate surface area is 77.2 Å². The summed E-state index contributed by atoms with van der Waals surface area (Å²) in [4.78, 5) is 2.70. The number of imidazole rings is 1. The first-order valence-electron chi connectivity index (χ1n) is 4.04. The van der Waals surface area contributed by atoms with Crippen LogP contribution in [0.4, 0.5) is 0 Å². The van der Waals surface area contributed by atoms with E-state index in [0.717, 1.165) is 0 Å². The second-order valence-corrected chi connectivity index (χ2v) is 4.32. The van der Waals surface area contributed by atoms with Crippen molar-refractivity contribution < 1.29 is 17.5 Å². The lowest BCUT2D eigenvalue weighted by Crippen LogP contribution is -2.41. The van der Waals surface area contributed by atoms with Crippen molar-refractivity contribution in [2.45, 2.75) is 25.1 Å². The summed E-state index contributed by atoms with van der Waals surface area (Å²) >= 11 is 0. The van der Waals surface area contributed by atoms with Crippen LogP contribution in [0, 0.1) is 0 Å². The van der Waals surface area contributed by atoms with Crippen molar-refractivity contribution in [1.82, 2.24) is 4.98 Å². The third-order valence-corrected chi connectivity index (χ3v) is 2.91. The summed E-state index contributed by atoms with van der Waals surface area (Å²) < 4.78 is 33.9. The first kappa shape index (κ1) is 10.2. The van der Waals surface area contributed by atoms with Crippen LogP contribution in [0.2, 0.25) is 0 Å². The molecule has 0 fully saturated rings. The number of rotatable bonds is 4. The Balaban J connectivity index is 2.94. The van der Waals surface area contributed by atoms with Gasteiger partial charge in [0.15, 0.2) is 5.37 Å². The minimum Gasteiger partial charge on any atom is -0.745 e. The molecule has 0 aliphatic heterocycles. The topological polar surface area (TPSA) is 76.9 Å². The molecule has 1 unspecified atom stereocenters. The van der Waals surface area contributed by atoms with Crippen molar-refractivity contribution in [2.24, 2.45) is 0 Å². The molecule has 0 radical (unpaired) electrons. The number of H-pyrrole nitrogens is 1. The Morgan fingerprint density at radius 2 is 2.31 bits per heavy atom. The van der Waals surface area contributed by atoms with Crippen molar-refractivity contribution in [3.8, 4) is 0 Å². The second-order valence-electron chi connectivity index (χ2n) is 2.79. The van der Waals surface area contributed by atoms with Crippen LogP contribution in [-0.2, 0) is 10.1 Å². The summed E-state index contributed by atoms with van der Waals surface area (Å²) in [6.07, 6.45) is 5.58. The molecular formula is C7H12N2O3S. The van der Waals surface area contributed by atoms with Crippen molar-refractivity contribution in [1.29, 1.82) is 0 Å². The molecule has 74 valence electrons. The minimum absolute atomic E-state index is 0.342. The number of nitrogens with zero attached hydrogens (tertiary/aromatic N) is 1. The Morgan fingerprint density at radius 1 is 1.62 bits per heavy atom. The van der Waals surface area contributed by atoms with E-state index in [1.54, 1.807) is 6.20 Å². The predicted molar refractivity (Wildman–Crippen MR) is 44.6 cm³/mol. The van der Waals surface area contributed by atoms with E-state index in [0.29, 0.717) is 12.8 Å². The van der Waals surface area contributed by atoms with Gasteiger partial charge in [-0.15, -0.1) is 0 Å². The lowest BCUT2D eigenvalue weighted by atomic mass is 10.3. The van der Waals surface area contributed by atoms with Gasteiger partial charge in [-0.2, -0.15) is 0 Å². The standard InChI is InChI=1S/C7H12N2O3S/c1-2-3-7(13(10,11)12)9-5-4-8-6-9/h4-7H,2-3H2,1H3,(H,10,11,12). The van der Waals surface area contributed by atoms with Gasteiger partial charge in [-0.25, -0.2) is 13.0 Å². The summed E-state index contributed by atoms with van der Waals surface area (Å²) in [6, 6.07) is 0. The highest BCUT2D eigenvalue weighted by molar-refractivity contribution is 7.85. The first-order chi connectivity index (χ1) is 6.05. The van der Waals surface area contributed by atoms with Gasteiger partial charge in [0, 0.05) is 6.42 Å². The molecule has 0 aromatic carbocycles. The van der Waals surface area contributed by atoms with Crippen LogP contribution in [0.1, 0.15) is 25.1 Å². The molecular weight excluding hydrogens is 192 g/mol. The van der Waals surface area contributed by atoms with Gasteiger partial charge in [0.25, 0.3) is 0 Å². The fourth-order valence-electron chi connectivity index (χ4n) is 1.17. The highest BCUT2D eigenvalue weighted by atomic mass is 32.2. The third-order valence-electron chi connectivity index (χ3n) is 1.77. The van der Waals surface area contributed by atoms with Crippen LogP contribution in [0.15, 0.2) is 18.7 Å². The fraction of sp³-hybridized carbons (Fsp3) is 0.571. The van der Waals surface area contributed by atoms with E-state index in [4.69, 9.17) is 0 Å². The number of hydrogen-bond donors (Lipinski definition) is 1. The maximum Gasteiger partial charge on any atom is 0.242 e. The lowest BCUT2D eigenvalue weighted by Gasteiger charge is -2.16. The lowest BCUT2D eigenvalue weighted by molar-refractivity contribution is -0.701. The van der Waals surface area contributed by atoms with Gasteiger partial charge < -0.3 is 4.55 Å². The average Bonchev–Trinajstić information content (AvgIpc) is 2.49. The van der Waals surface area contributed by atoms with E-state index in [1.165, 1.54) is 17.1 Å². The van der Waals surface area contributed by atoms with Gasteiger partial charge >= 0.3 is 0 Å². The van der Waals surface area contributed by atoms with Crippen LogP contribution < -0.4 is 4.57 Å². The molecule has 0 bridgehead atoms. The molecule has 1 aromatic heterocycles. The molecule has 1 N–H and O–H groups in total. The summed E-state index contributed by atoms with van der Waals surface area (Å²) in [6.45, 7) is 1.84. The SMILES string of the molecule is CCCC([n+]1cc[nH]c1)S(=O)(=O)[O-]. The smallest absolute Gasteiger partial charge is 0.242 e. The molecule has 1 heterocycles. The van der Waals surface area contributed by atoms with Gasteiger partial charge in [-0.05, 0) is 0 Å². The van der Waals surface area contributed by atoms with Crippen molar-refractivity contribution in [3.63, 3.8) is 0 Å². The monoisotopic (exact) mass is 204 g/mol. The maximum absolute atomic E-state index is 10.8. The molecule has 0 spiro atoms. The molecule has 6 heteroatoms. The third kappa shape index (κ3) is 2.53. The summed E-state index contributed by atoms with van der Waals surface area (Å²) in [5.74, 6) is 0. The van der Waals surface area contributed by atoms with Crippen molar-refractivity contribution >= 4 is 10.1 Å². The van der Waals surface area contributed by atoms with Crippen LogP contribution >= 0.6 is 0 Å². The van der Waals surface area contributed by atoms with Gasteiger partial charge in [0.2, 0.25) is 6.33 Å². The van der Waals surface area contributed by atoms with Crippen molar-refractivity contribution in [2.75, 3.05) is 0 Å². The van der Waals surface area contributed by atoms with Crippen LogP contribution in [0.5, 0.6) is 0 Å². The van der Waals surface area contributed by atoms with E-state index in [-0.39, 0.29) is 0 Å². The van der Waals surface area contributed by atoms with E-state index >= 15 is 0 Å². The van der Waals surface area contributed by atoms with Gasteiger partial charge in [0.1, 0.15) is 22.5 Å². The molecule has 0 saturated heterocycles. The average molecular weight is 204 g/mol. The van der Waals surface area contributed by atoms with Gasteiger partial charge in [-0.1, -0.05) is 13.3 Å². The minimum atomic E-state index is -4.26. The molecule has 0 aliphatic rings. The zero-order valence-electron chi connectivity index (χ0n) is 7.30. The highest BCUT2D eigenvalue weighted by Gasteiger charge is 2.21. The molecule has 13 heavy (non-hydrogen) atoms. The largest absolute Gasteiger partial charge is 0.745 e. The Kier molecular flexibility index (Phi) is 3.05. The first-order valence-corrected chi connectivity index (χ1v) is 5.51. The molecule has 0 amide bonds. The number of aromatic amines is 1. The Morgan fingerprint density at radius 3 is 2.69 bits per heavy atom. The molecule has 1 atom stereocenters. The zero-order chi connectivity index (χ0) is 9.90. The second kappa shape index (κ2) is 3.89. The molecule has 0 saturated carbocycles. The van der Waals surface area contributed by atoms with Crippen LogP contribution in [0.25, 0.3) is 0 Å². The zero-order valence-corrected chi connectivity index (χ0v) is 8.12. The van der Waals surface area contributed by atoms with Gasteiger partial charge in [0.05, 0.1) is 0 Å². The summed E-state index contributed by atoms with van der Waals surface area (Å²) in [5.41, 5.74) is 0. The van der Waals surface area contributed by atoms with Gasteiger partial charge in [-0.3, -0.25) is 4.98 Å². The Bertz CT molecular complexity index is 344. The van der Waals surface area contributed by atoms with E-state index in [9.17, 15) is 13.0 Å². The molecule has 5 nitrogen and oxygen atoms in total. The summed E-state index contributed by atoms with van der Waals surface area (Å²) in [5, 5.41) is -0.983. The normalized spacial score (nSPS) is 14.3. The Hall–Kier alpha value is -0.880. The molecule has 1 rings (SSSR count). The van der Waals surface area contributed by atoms with Crippen molar-refractivity contribution in [3.05, 3.63) is 18.7 Å². The highest BCUT2D eigenvalue weighted by Crippen LogP contribution is 2.11. The van der Waals surface area contributed by atoms with E-state index in [2.05, 4.69) is 4.98 Å². The molecule has 1 aromatic rings. The molecule has 0 aliphatic carbocycles. The van der Waals surface area contributed by atoms with Crippen LogP contribution in [-0.4, -0.2) is 18.0 Å². The maximum atomic E-state index is 10.8. The van der Waals surface area contributed by atoms with E-state index < -0.39 is 15.5 Å². The summed E-state index contributed by atoms with van der Waals surface area (Å²) in [7, 11) is -4.26. The van der Waals surface area contributed by atoms with E-state index in [1.807, 2.05) is 6.92 Å².